The van der Waals surface area contributed by atoms with Gasteiger partial charge in [0.05, 0.1) is 18.8 Å². The fourth-order valence-corrected chi connectivity index (χ4v) is 1.81. The lowest BCUT2D eigenvalue weighted by atomic mass is 9.99. The molecular formula is C12H24O6. The Hall–Kier alpha value is -0.240. The molecule has 0 aromatic heterocycles. The van der Waals surface area contributed by atoms with E-state index in [-0.39, 0.29) is 18.8 Å². The quantitative estimate of drug-likeness (QED) is 0.629. The van der Waals surface area contributed by atoms with Gasteiger partial charge >= 0.3 is 0 Å². The summed E-state index contributed by atoms with van der Waals surface area (Å²) in [6.45, 7) is 7.38. The molecule has 0 saturated carbocycles. The van der Waals surface area contributed by atoms with Crippen molar-refractivity contribution in [2.75, 3.05) is 6.61 Å². The highest BCUT2D eigenvalue weighted by molar-refractivity contribution is 4.89. The van der Waals surface area contributed by atoms with Crippen molar-refractivity contribution < 1.29 is 29.5 Å². The first-order valence-electron chi connectivity index (χ1n) is 6.29. The second kappa shape index (κ2) is 6.79. The van der Waals surface area contributed by atoms with E-state index in [1.54, 1.807) is 13.8 Å². The van der Waals surface area contributed by atoms with E-state index in [1.165, 1.54) is 0 Å². The Morgan fingerprint density at radius 1 is 1.00 bits per heavy atom. The summed E-state index contributed by atoms with van der Waals surface area (Å²) in [5.74, 6) is 0. The summed E-state index contributed by atoms with van der Waals surface area (Å²) >= 11 is 0. The Balaban J connectivity index is 2.59. The van der Waals surface area contributed by atoms with Crippen LogP contribution in [-0.4, -0.2) is 64.8 Å². The SMILES string of the molecule is CC(C)OCC1OC(O)C(OC(C)C)C(O)C1O. The van der Waals surface area contributed by atoms with Crippen LogP contribution in [0.1, 0.15) is 27.7 Å². The lowest BCUT2D eigenvalue weighted by Crippen LogP contribution is -2.60. The predicted molar refractivity (Wildman–Crippen MR) is 64.0 cm³/mol. The predicted octanol–water partition coefficient (Wildman–Crippen LogP) is -0.356. The van der Waals surface area contributed by atoms with Gasteiger partial charge in [-0.2, -0.15) is 0 Å². The van der Waals surface area contributed by atoms with Crippen LogP contribution in [0.15, 0.2) is 0 Å². The number of aliphatic hydroxyl groups excluding tert-OH is 3. The molecule has 6 nitrogen and oxygen atoms in total. The molecule has 108 valence electrons. The van der Waals surface area contributed by atoms with Crippen molar-refractivity contribution in [3.05, 3.63) is 0 Å². The lowest BCUT2D eigenvalue weighted by Gasteiger charge is -2.41. The van der Waals surface area contributed by atoms with Gasteiger partial charge < -0.3 is 29.5 Å². The van der Waals surface area contributed by atoms with E-state index in [2.05, 4.69) is 0 Å². The molecule has 5 unspecified atom stereocenters. The molecule has 1 aliphatic rings. The lowest BCUT2D eigenvalue weighted by molar-refractivity contribution is -0.304. The molecule has 1 heterocycles. The minimum atomic E-state index is -1.27. The Morgan fingerprint density at radius 2 is 1.61 bits per heavy atom. The highest BCUT2D eigenvalue weighted by Crippen LogP contribution is 2.23. The summed E-state index contributed by atoms with van der Waals surface area (Å²) in [6, 6.07) is 0. The summed E-state index contributed by atoms with van der Waals surface area (Å²) in [7, 11) is 0. The van der Waals surface area contributed by atoms with Gasteiger partial charge in [-0.15, -0.1) is 0 Å². The highest BCUT2D eigenvalue weighted by atomic mass is 16.7. The van der Waals surface area contributed by atoms with Crippen molar-refractivity contribution in [2.24, 2.45) is 0 Å². The first-order chi connectivity index (χ1) is 8.32. The van der Waals surface area contributed by atoms with E-state index in [0.29, 0.717) is 0 Å². The molecule has 6 heteroatoms. The number of ether oxygens (including phenoxy) is 3. The van der Waals surface area contributed by atoms with Crippen LogP contribution in [0, 0.1) is 0 Å². The monoisotopic (exact) mass is 264 g/mol. The van der Waals surface area contributed by atoms with Gasteiger partial charge in [0.1, 0.15) is 24.4 Å². The van der Waals surface area contributed by atoms with Crippen LogP contribution in [0.25, 0.3) is 0 Å². The van der Waals surface area contributed by atoms with Crippen LogP contribution >= 0.6 is 0 Å². The summed E-state index contributed by atoms with van der Waals surface area (Å²) in [6.07, 6.45) is -5.52. The van der Waals surface area contributed by atoms with E-state index >= 15 is 0 Å². The fourth-order valence-electron chi connectivity index (χ4n) is 1.81. The average Bonchev–Trinajstić information content (AvgIpc) is 2.27. The summed E-state index contributed by atoms with van der Waals surface area (Å²) in [4.78, 5) is 0. The van der Waals surface area contributed by atoms with E-state index in [9.17, 15) is 15.3 Å². The van der Waals surface area contributed by atoms with Gasteiger partial charge in [-0.1, -0.05) is 0 Å². The first-order valence-corrected chi connectivity index (χ1v) is 6.29. The molecular weight excluding hydrogens is 240 g/mol. The molecule has 5 atom stereocenters. The van der Waals surface area contributed by atoms with E-state index in [0.717, 1.165) is 0 Å². The van der Waals surface area contributed by atoms with Crippen LogP contribution in [0.3, 0.4) is 0 Å². The zero-order chi connectivity index (χ0) is 13.9. The van der Waals surface area contributed by atoms with Crippen LogP contribution in [-0.2, 0) is 14.2 Å². The summed E-state index contributed by atoms with van der Waals surface area (Å²) in [5.41, 5.74) is 0. The van der Waals surface area contributed by atoms with E-state index in [4.69, 9.17) is 14.2 Å². The largest absolute Gasteiger partial charge is 0.387 e. The van der Waals surface area contributed by atoms with Gasteiger partial charge in [0.2, 0.25) is 0 Å². The third-order valence-electron chi connectivity index (χ3n) is 2.69. The molecule has 1 aliphatic heterocycles. The Labute approximate surface area is 107 Å². The summed E-state index contributed by atoms with van der Waals surface area (Å²) < 4.78 is 15.9. The molecule has 0 aromatic carbocycles. The van der Waals surface area contributed by atoms with Crippen molar-refractivity contribution in [2.45, 2.75) is 70.6 Å². The van der Waals surface area contributed by atoms with Crippen molar-refractivity contribution >= 4 is 0 Å². The fraction of sp³-hybridized carbons (Fsp3) is 1.00. The number of aliphatic hydroxyl groups is 3. The Kier molecular flexibility index (Phi) is 5.97. The molecule has 0 amide bonds. The second-order valence-corrected chi connectivity index (χ2v) is 5.08. The number of rotatable bonds is 5. The zero-order valence-corrected chi connectivity index (χ0v) is 11.3. The molecule has 1 rings (SSSR count). The topological polar surface area (TPSA) is 88.4 Å². The minimum absolute atomic E-state index is 0.0141. The number of hydrogen-bond donors (Lipinski definition) is 3. The normalized spacial score (nSPS) is 37.5. The van der Waals surface area contributed by atoms with E-state index in [1.807, 2.05) is 13.8 Å². The zero-order valence-electron chi connectivity index (χ0n) is 11.3. The second-order valence-electron chi connectivity index (χ2n) is 5.08. The molecule has 0 aliphatic carbocycles. The Bertz CT molecular complexity index is 243. The van der Waals surface area contributed by atoms with Gasteiger partial charge in [-0.05, 0) is 27.7 Å². The first kappa shape index (κ1) is 15.8. The van der Waals surface area contributed by atoms with Crippen LogP contribution < -0.4 is 0 Å². The van der Waals surface area contributed by atoms with Crippen molar-refractivity contribution in [1.82, 2.24) is 0 Å². The maximum absolute atomic E-state index is 9.92. The maximum Gasteiger partial charge on any atom is 0.184 e. The minimum Gasteiger partial charge on any atom is -0.387 e. The third-order valence-corrected chi connectivity index (χ3v) is 2.69. The smallest absolute Gasteiger partial charge is 0.184 e. The molecule has 1 saturated heterocycles. The molecule has 0 bridgehead atoms. The van der Waals surface area contributed by atoms with Crippen LogP contribution in [0.2, 0.25) is 0 Å². The Morgan fingerprint density at radius 3 is 2.11 bits per heavy atom. The van der Waals surface area contributed by atoms with E-state index < -0.39 is 30.7 Å². The molecule has 0 radical (unpaired) electrons. The summed E-state index contributed by atoms with van der Waals surface area (Å²) in [5, 5.41) is 29.6. The average molecular weight is 264 g/mol. The van der Waals surface area contributed by atoms with Gasteiger partial charge in [0, 0.05) is 0 Å². The van der Waals surface area contributed by atoms with Crippen molar-refractivity contribution in [1.29, 1.82) is 0 Å². The highest BCUT2D eigenvalue weighted by Gasteiger charge is 2.45. The maximum atomic E-state index is 9.92. The van der Waals surface area contributed by atoms with Gasteiger partial charge in [0.25, 0.3) is 0 Å². The van der Waals surface area contributed by atoms with Crippen molar-refractivity contribution in [3.8, 4) is 0 Å². The number of hydrogen-bond acceptors (Lipinski definition) is 6. The molecule has 1 fully saturated rings. The molecule has 0 aromatic rings. The van der Waals surface area contributed by atoms with Crippen LogP contribution in [0.4, 0.5) is 0 Å². The third kappa shape index (κ3) is 4.15. The molecule has 0 spiro atoms. The van der Waals surface area contributed by atoms with Gasteiger partial charge in [-0.3, -0.25) is 0 Å². The molecule has 3 N–H and O–H groups in total. The van der Waals surface area contributed by atoms with Crippen LogP contribution in [0.5, 0.6) is 0 Å². The standard InChI is InChI=1S/C12H24O6/c1-6(2)16-5-8-9(13)10(14)11(12(15)18-8)17-7(3)4/h6-15H,5H2,1-4H3. The molecule has 18 heavy (non-hydrogen) atoms. The van der Waals surface area contributed by atoms with Gasteiger partial charge in [0.15, 0.2) is 6.29 Å². The van der Waals surface area contributed by atoms with Gasteiger partial charge in [-0.25, -0.2) is 0 Å². The van der Waals surface area contributed by atoms with Crippen molar-refractivity contribution in [3.63, 3.8) is 0 Å².